The second-order valence-corrected chi connectivity index (χ2v) is 3.97. The molecule has 98 valence electrons. The summed E-state index contributed by atoms with van der Waals surface area (Å²) in [6.45, 7) is 2.02. The van der Waals surface area contributed by atoms with Crippen molar-refractivity contribution in [1.82, 2.24) is 5.32 Å². The van der Waals surface area contributed by atoms with E-state index < -0.39 is 11.0 Å². The molecule has 0 heterocycles. The molecule has 1 amide bonds. The number of aliphatic hydroxyl groups excluding tert-OH is 1. The standard InChI is InChI=1S/C12H16N2O4/c1-2-11(15)8-13-12(16)7-9-4-3-5-10(6-9)14(17)18/h3-6,11,15H,2,7-8H2,1H3,(H,13,16). The van der Waals surface area contributed by atoms with Crippen LogP contribution in [0, 0.1) is 10.1 Å². The lowest BCUT2D eigenvalue weighted by molar-refractivity contribution is -0.384. The molecule has 2 N–H and O–H groups in total. The number of nitrogens with zero attached hydrogens (tertiary/aromatic N) is 1. The minimum absolute atomic E-state index is 0.0334. The van der Waals surface area contributed by atoms with Gasteiger partial charge >= 0.3 is 0 Å². The van der Waals surface area contributed by atoms with E-state index in [0.717, 1.165) is 0 Å². The molecule has 1 atom stereocenters. The third-order valence-electron chi connectivity index (χ3n) is 2.49. The number of non-ortho nitro benzene ring substituents is 1. The van der Waals surface area contributed by atoms with Crippen LogP contribution in [0.15, 0.2) is 24.3 Å². The maximum absolute atomic E-state index is 11.5. The fourth-order valence-electron chi connectivity index (χ4n) is 1.40. The maximum atomic E-state index is 11.5. The van der Waals surface area contributed by atoms with Gasteiger partial charge in [0.25, 0.3) is 5.69 Å². The first-order valence-electron chi connectivity index (χ1n) is 5.71. The summed E-state index contributed by atoms with van der Waals surface area (Å²) in [6, 6.07) is 5.95. The van der Waals surface area contributed by atoms with Gasteiger partial charge in [-0.1, -0.05) is 19.1 Å². The molecule has 18 heavy (non-hydrogen) atoms. The normalized spacial score (nSPS) is 11.9. The van der Waals surface area contributed by atoms with Gasteiger partial charge in [-0.3, -0.25) is 14.9 Å². The largest absolute Gasteiger partial charge is 0.391 e. The topological polar surface area (TPSA) is 92.5 Å². The van der Waals surface area contributed by atoms with E-state index >= 15 is 0 Å². The molecular formula is C12H16N2O4. The Hall–Kier alpha value is -1.95. The van der Waals surface area contributed by atoms with Crippen LogP contribution in [0.2, 0.25) is 0 Å². The first-order valence-corrected chi connectivity index (χ1v) is 5.71. The fourth-order valence-corrected chi connectivity index (χ4v) is 1.40. The van der Waals surface area contributed by atoms with Gasteiger partial charge in [0.1, 0.15) is 0 Å². The highest BCUT2D eigenvalue weighted by Crippen LogP contribution is 2.13. The van der Waals surface area contributed by atoms with Gasteiger partial charge in [-0.15, -0.1) is 0 Å². The Labute approximate surface area is 105 Å². The predicted molar refractivity (Wildman–Crippen MR) is 66.1 cm³/mol. The molecule has 0 aliphatic carbocycles. The van der Waals surface area contributed by atoms with E-state index in [4.69, 9.17) is 0 Å². The van der Waals surface area contributed by atoms with Gasteiger partial charge in [-0.2, -0.15) is 0 Å². The van der Waals surface area contributed by atoms with Gasteiger partial charge in [0.2, 0.25) is 5.91 Å². The second-order valence-electron chi connectivity index (χ2n) is 3.97. The molecular weight excluding hydrogens is 236 g/mol. The molecule has 6 heteroatoms. The number of aliphatic hydroxyl groups is 1. The van der Waals surface area contributed by atoms with Crippen molar-refractivity contribution in [3.63, 3.8) is 0 Å². The summed E-state index contributed by atoms with van der Waals surface area (Å²) in [5, 5.41) is 22.4. The number of hydrogen-bond donors (Lipinski definition) is 2. The minimum atomic E-state index is -0.556. The molecule has 1 aromatic carbocycles. The number of rotatable bonds is 6. The number of amides is 1. The summed E-state index contributed by atoms with van der Waals surface area (Å²) in [4.78, 5) is 21.6. The smallest absolute Gasteiger partial charge is 0.269 e. The predicted octanol–water partition coefficient (Wildman–Crippen LogP) is 1.02. The van der Waals surface area contributed by atoms with Crippen molar-refractivity contribution in [3.05, 3.63) is 39.9 Å². The Morgan fingerprint density at radius 3 is 2.89 bits per heavy atom. The highest BCUT2D eigenvalue weighted by molar-refractivity contribution is 5.78. The van der Waals surface area contributed by atoms with Crippen molar-refractivity contribution in [2.45, 2.75) is 25.9 Å². The van der Waals surface area contributed by atoms with Crippen molar-refractivity contribution < 1.29 is 14.8 Å². The molecule has 0 spiro atoms. The molecule has 0 aliphatic rings. The number of benzene rings is 1. The van der Waals surface area contributed by atoms with Gasteiger partial charge in [-0.05, 0) is 12.0 Å². The summed E-state index contributed by atoms with van der Waals surface area (Å²) in [7, 11) is 0. The van der Waals surface area contributed by atoms with E-state index in [0.29, 0.717) is 12.0 Å². The highest BCUT2D eigenvalue weighted by Gasteiger charge is 2.09. The number of nitrogens with one attached hydrogen (secondary N) is 1. The first-order chi connectivity index (χ1) is 8.52. The summed E-state index contributed by atoms with van der Waals surface area (Å²) < 4.78 is 0. The molecule has 0 saturated carbocycles. The van der Waals surface area contributed by atoms with Crippen LogP contribution in [0.3, 0.4) is 0 Å². The summed E-state index contributed by atoms with van der Waals surface area (Å²) >= 11 is 0. The van der Waals surface area contributed by atoms with E-state index in [1.807, 2.05) is 6.92 Å². The summed E-state index contributed by atoms with van der Waals surface area (Å²) in [5.74, 6) is -0.261. The van der Waals surface area contributed by atoms with Crippen molar-refractivity contribution in [2.24, 2.45) is 0 Å². The Morgan fingerprint density at radius 2 is 2.28 bits per heavy atom. The molecule has 0 aromatic heterocycles. The second kappa shape index (κ2) is 6.70. The lowest BCUT2D eigenvalue weighted by atomic mass is 10.1. The summed E-state index contributed by atoms with van der Waals surface area (Å²) in [6.07, 6.45) is 0.0777. The lowest BCUT2D eigenvalue weighted by Gasteiger charge is -2.09. The number of carbonyl (C=O) groups excluding carboxylic acids is 1. The number of nitro groups is 1. The van der Waals surface area contributed by atoms with Crippen molar-refractivity contribution >= 4 is 11.6 Å². The van der Waals surface area contributed by atoms with Crippen LogP contribution in [0.1, 0.15) is 18.9 Å². The van der Waals surface area contributed by atoms with E-state index in [1.165, 1.54) is 12.1 Å². The molecule has 1 aromatic rings. The monoisotopic (exact) mass is 252 g/mol. The molecule has 0 aliphatic heterocycles. The number of carbonyl (C=O) groups is 1. The van der Waals surface area contributed by atoms with E-state index in [-0.39, 0.29) is 24.6 Å². The zero-order chi connectivity index (χ0) is 13.5. The van der Waals surface area contributed by atoms with Crippen LogP contribution in [0.5, 0.6) is 0 Å². The molecule has 0 radical (unpaired) electrons. The quantitative estimate of drug-likeness (QED) is 0.584. The van der Waals surface area contributed by atoms with E-state index in [9.17, 15) is 20.0 Å². The highest BCUT2D eigenvalue weighted by atomic mass is 16.6. The molecule has 1 unspecified atom stereocenters. The average molecular weight is 252 g/mol. The first kappa shape index (κ1) is 14.1. The van der Waals surface area contributed by atoms with E-state index in [2.05, 4.69) is 5.32 Å². The fraction of sp³-hybridized carbons (Fsp3) is 0.417. The van der Waals surface area contributed by atoms with Crippen LogP contribution in [-0.4, -0.2) is 28.6 Å². The molecule has 1 rings (SSSR count). The molecule has 0 saturated heterocycles. The van der Waals surface area contributed by atoms with Gasteiger partial charge < -0.3 is 10.4 Å². The van der Waals surface area contributed by atoms with Crippen LogP contribution < -0.4 is 5.32 Å². The van der Waals surface area contributed by atoms with Crippen LogP contribution >= 0.6 is 0 Å². The van der Waals surface area contributed by atoms with Gasteiger partial charge in [0.05, 0.1) is 17.4 Å². The van der Waals surface area contributed by atoms with Crippen molar-refractivity contribution in [1.29, 1.82) is 0 Å². The Kier molecular flexibility index (Phi) is 5.26. The Bertz CT molecular complexity index is 434. The van der Waals surface area contributed by atoms with Crippen LogP contribution in [-0.2, 0) is 11.2 Å². The molecule has 0 fully saturated rings. The van der Waals surface area contributed by atoms with Crippen LogP contribution in [0.25, 0.3) is 0 Å². The van der Waals surface area contributed by atoms with E-state index in [1.54, 1.807) is 12.1 Å². The average Bonchev–Trinajstić information content (AvgIpc) is 2.36. The number of nitro benzene ring substituents is 1. The zero-order valence-corrected chi connectivity index (χ0v) is 10.1. The maximum Gasteiger partial charge on any atom is 0.269 e. The SMILES string of the molecule is CCC(O)CNC(=O)Cc1cccc([N+](=O)[O-])c1. The Balaban J connectivity index is 2.54. The van der Waals surface area contributed by atoms with Crippen molar-refractivity contribution in [3.8, 4) is 0 Å². The molecule has 0 bridgehead atoms. The molecule has 6 nitrogen and oxygen atoms in total. The number of hydrogen-bond acceptors (Lipinski definition) is 4. The van der Waals surface area contributed by atoms with Crippen molar-refractivity contribution in [2.75, 3.05) is 6.54 Å². The minimum Gasteiger partial charge on any atom is -0.391 e. The lowest BCUT2D eigenvalue weighted by Crippen LogP contribution is -2.32. The zero-order valence-electron chi connectivity index (χ0n) is 10.1. The van der Waals surface area contributed by atoms with Gasteiger partial charge in [0, 0.05) is 18.7 Å². The summed E-state index contributed by atoms with van der Waals surface area (Å²) in [5.41, 5.74) is 0.543. The third kappa shape index (κ3) is 4.50. The Morgan fingerprint density at radius 1 is 1.56 bits per heavy atom. The van der Waals surface area contributed by atoms with Crippen LogP contribution in [0.4, 0.5) is 5.69 Å². The third-order valence-corrected chi connectivity index (χ3v) is 2.49. The van der Waals surface area contributed by atoms with Gasteiger partial charge in [-0.25, -0.2) is 0 Å². The van der Waals surface area contributed by atoms with Gasteiger partial charge in [0.15, 0.2) is 0 Å².